The molecule has 2 heterocycles. The highest BCUT2D eigenvalue weighted by Crippen LogP contribution is 2.18. The Morgan fingerprint density at radius 2 is 2.00 bits per heavy atom. The fourth-order valence-corrected chi connectivity index (χ4v) is 2.88. The molecule has 1 fully saturated rings. The number of nitriles is 1. The van der Waals surface area contributed by atoms with Crippen LogP contribution in [0.3, 0.4) is 0 Å². The summed E-state index contributed by atoms with van der Waals surface area (Å²) in [6, 6.07) is 11.7. The number of anilines is 1. The van der Waals surface area contributed by atoms with Crippen molar-refractivity contribution in [3.8, 4) is 6.07 Å². The van der Waals surface area contributed by atoms with Crippen molar-refractivity contribution in [2.24, 2.45) is 0 Å². The highest BCUT2D eigenvalue weighted by molar-refractivity contribution is 5.45. The van der Waals surface area contributed by atoms with Crippen LogP contribution in [-0.2, 0) is 0 Å². The second-order valence-electron chi connectivity index (χ2n) is 5.87. The summed E-state index contributed by atoms with van der Waals surface area (Å²) in [5.41, 5.74) is 1.20. The molecule has 0 bridgehead atoms. The molecule has 24 heavy (non-hydrogen) atoms. The second kappa shape index (κ2) is 7.39. The summed E-state index contributed by atoms with van der Waals surface area (Å²) in [5, 5.41) is 19.2. The number of hydrogen-bond donors (Lipinski definition) is 1. The predicted octanol–water partition coefficient (Wildman–Crippen LogP) is 1.95. The average molecular weight is 326 g/mol. The molecule has 0 spiro atoms. The first-order valence-electron chi connectivity index (χ1n) is 7.92. The van der Waals surface area contributed by atoms with Crippen molar-refractivity contribution in [3.63, 3.8) is 0 Å². The molecule has 1 aromatic carbocycles. The minimum Gasteiger partial charge on any atom is -0.387 e. The van der Waals surface area contributed by atoms with Crippen LogP contribution < -0.4 is 4.90 Å². The molecule has 6 heteroatoms. The molecule has 3 rings (SSSR count). The van der Waals surface area contributed by atoms with Gasteiger partial charge in [0.25, 0.3) is 0 Å². The Bertz CT molecular complexity index is 738. The van der Waals surface area contributed by atoms with Crippen molar-refractivity contribution in [1.82, 2.24) is 9.88 Å². The molecule has 1 N–H and O–H groups in total. The molecule has 0 aliphatic carbocycles. The highest BCUT2D eigenvalue weighted by atomic mass is 19.1. The summed E-state index contributed by atoms with van der Waals surface area (Å²) in [5.74, 6) is 0.471. The third-order valence-electron chi connectivity index (χ3n) is 4.24. The van der Waals surface area contributed by atoms with Gasteiger partial charge in [0, 0.05) is 38.9 Å². The average Bonchev–Trinajstić information content (AvgIpc) is 2.62. The third kappa shape index (κ3) is 3.88. The number of nitrogens with zero attached hydrogens (tertiary/aromatic N) is 4. The van der Waals surface area contributed by atoms with Gasteiger partial charge in [-0.05, 0) is 29.8 Å². The van der Waals surface area contributed by atoms with Crippen LogP contribution in [0.2, 0.25) is 0 Å². The normalized spacial score (nSPS) is 16.6. The molecule has 1 aliphatic rings. The first-order valence-corrected chi connectivity index (χ1v) is 7.92. The quantitative estimate of drug-likeness (QED) is 0.930. The van der Waals surface area contributed by atoms with Gasteiger partial charge in [0.2, 0.25) is 0 Å². The van der Waals surface area contributed by atoms with Gasteiger partial charge in [-0.2, -0.15) is 5.26 Å². The van der Waals surface area contributed by atoms with Crippen LogP contribution in [0, 0.1) is 17.1 Å². The van der Waals surface area contributed by atoms with Crippen molar-refractivity contribution < 1.29 is 9.50 Å². The minimum atomic E-state index is -0.702. The van der Waals surface area contributed by atoms with Crippen LogP contribution >= 0.6 is 0 Å². The molecular weight excluding hydrogens is 307 g/mol. The van der Waals surface area contributed by atoms with Crippen molar-refractivity contribution in [2.45, 2.75) is 6.10 Å². The van der Waals surface area contributed by atoms with E-state index >= 15 is 0 Å². The van der Waals surface area contributed by atoms with Crippen LogP contribution in [-0.4, -0.2) is 47.7 Å². The maximum Gasteiger partial charge on any atom is 0.129 e. The number of rotatable bonds is 4. The molecule has 0 saturated carbocycles. The lowest BCUT2D eigenvalue weighted by atomic mass is 10.1. The molecule has 1 saturated heterocycles. The predicted molar refractivity (Wildman–Crippen MR) is 89.0 cm³/mol. The molecule has 0 radical (unpaired) electrons. The number of aromatic nitrogens is 1. The van der Waals surface area contributed by atoms with Crippen molar-refractivity contribution in [1.29, 1.82) is 5.26 Å². The molecule has 1 aliphatic heterocycles. The van der Waals surface area contributed by atoms with Gasteiger partial charge >= 0.3 is 0 Å². The number of hydrogen-bond acceptors (Lipinski definition) is 5. The van der Waals surface area contributed by atoms with E-state index in [1.165, 1.54) is 12.1 Å². The number of piperazine rings is 1. The Labute approximate surface area is 140 Å². The van der Waals surface area contributed by atoms with E-state index in [4.69, 9.17) is 5.26 Å². The third-order valence-corrected chi connectivity index (χ3v) is 4.24. The van der Waals surface area contributed by atoms with E-state index < -0.39 is 6.10 Å². The molecule has 2 aromatic rings. The zero-order chi connectivity index (χ0) is 16.9. The number of pyridine rings is 1. The monoisotopic (exact) mass is 326 g/mol. The second-order valence-corrected chi connectivity index (χ2v) is 5.87. The molecule has 1 aromatic heterocycles. The summed E-state index contributed by atoms with van der Waals surface area (Å²) in [7, 11) is 0. The largest absolute Gasteiger partial charge is 0.387 e. The van der Waals surface area contributed by atoms with Crippen LogP contribution in [0.1, 0.15) is 17.2 Å². The fraction of sp³-hybridized carbons (Fsp3) is 0.333. The first-order chi connectivity index (χ1) is 11.7. The van der Waals surface area contributed by atoms with Gasteiger partial charge in [-0.15, -0.1) is 0 Å². The maximum atomic E-state index is 13.2. The number of benzene rings is 1. The minimum absolute atomic E-state index is 0.334. The molecule has 124 valence electrons. The summed E-state index contributed by atoms with van der Waals surface area (Å²) in [6.45, 7) is 3.59. The molecule has 0 unspecified atom stereocenters. The van der Waals surface area contributed by atoms with E-state index in [9.17, 15) is 9.50 Å². The zero-order valence-electron chi connectivity index (χ0n) is 13.3. The van der Waals surface area contributed by atoms with Gasteiger partial charge < -0.3 is 10.0 Å². The van der Waals surface area contributed by atoms with E-state index in [0.717, 1.165) is 32.0 Å². The summed E-state index contributed by atoms with van der Waals surface area (Å²) >= 11 is 0. The summed E-state index contributed by atoms with van der Waals surface area (Å²) in [4.78, 5) is 8.60. The standard InChI is InChI=1S/C18H19FN4O/c19-16-3-1-2-15(11-16)17(24)13-22-6-8-23(9-7-22)18-10-14(12-20)4-5-21-18/h1-5,10-11,17,24H,6-9,13H2/t17-/m1/s1. The number of halogens is 1. The van der Waals surface area contributed by atoms with Gasteiger partial charge in [-0.3, -0.25) is 4.90 Å². The van der Waals surface area contributed by atoms with Crippen LogP contribution in [0.15, 0.2) is 42.6 Å². The number of aliphatic hydroxyl groups is 1. The topological polar surface area (TPSA) is 63.4 Å². The van der Waals surface area contributed by atoms with Gasteiger partial charge in [-0.1, -0.05) is 12.1 Å². The van der Waals surface area contributed by atoms with E-state index in [0.29, 0.717) is 17.7 Å². The first kappa shape index (κ1) is 16.4. The molecule has 0 amide bonds. The van der Waals surface area contributed by atoms with E-state index in [-0.39, 0.29) is 5.82 Å². The highest BCUT2D eigenvalue weighted by Gasteiger charge is 2.21. The van der Waals surface area contributed by atoms with Crippen molar-refractivity contribution >= 4 is 5.82 Å². The van der Waals surface area contributed by atoms with Crippen LogP contribution in [0.25, 0.3) is 0 Å². The Hall–Kier alpha value is -2.49. The molecular formula is C18H19FN4O. The van der Waals surface area contributed by atoms with Crippen LogP contribution in [0.4, 0.5) is 10.2 Å². The van der Waals surface area contributed by atoms with Crippen LogP contribution in [0.5, 0.6) is 0 Å². The van der Waals surface area contributed by atoms with Crippen molar-refractivity contribution in [3.05, 3.63) is 59.5 Å². The van der Waals surface area contributed by atoms with E-state index in [2.05, 4.69) is 20.9 Å². The lowest BCUT2D eigenvalue weighted by Gasteiger charge is -2.36. The number of aliphatic hydroxyl groups excluding tert-OH is 1. The molecule has 5 nitrogen and oxygen atoms in total. The number of β-amino-alcohol motifs (C(OH)–C–C–N with tert-alkyl or cyclic N) is 1. The Balaban J connectivity index is 1.56. The Morgan fingerprint density at radius 1 is 1.21 bits per heavy atom. The van der Waals surface area contributed by atoms with Crippen molar-refractivity contribution in [2.75, 3.05) is 37.6 Å². The smallest absolute Gasteiger partial charge is 0.129 e. The van der Waals surface area contributed by atoms with Gasteiger partial charge in [0.1, 0.15) is 11.6 Å². The molecule has 1 atom stereocenters. The van der Waals surface area contributed by atoms with E-state index in [1.54, 1.807) is 30.5 Å². The summed E-state index contributed by atoms with van der Waals surface area (Å²) < 4.78 is 13.2. The van der Waals surface area contributed by atoms with Gasteiger partial charge in [0.15, 0.2) is 0 Å². The lowest BCUT2D eigenvalue weighted by Crippen LogP contribution is -2.47. The zero-order valence-corrected chi connectivity index (χ0v) is 13.3. The van der Waals surface area contributed by atoms with Gasteiger partial charge in [0.05, 0.1) is 17.7 Å². The Morgan fingerprint density at radius 3 is 2.71 bits per heavy atom. The van der Waals surface area contributed by atoms with Gasteiger partial charge in [-0.25, -0.2) is 9.37 Å². The van der Waals surface area contributed by atoms with E-state index in [1.807, 2.05) is 0 Å². The Kier molecular flexibility index (Phi) is 5.04. The fourth-order valence-electron chi connectivity index (χ4n) is 2.88. The SMILES string of the molecule is N#Cc1ccnc(N2CCN(C[C@@H](O)c3cccc(F)c3)CC2)c1. The maximum absolute atomic E-state index is 13.2. The lowest BCUT2D eigenvalue weighted by molar-refractivity contribution is 0.109. The summed E-state index contributed by atoms with van der Waals surface area (Å²) in [6.07, 6.45) is 0.945.